The van der Waals surface area contributed by atoms with Crippen molar-refractivity contribution in [2.45, 2.75) is 38.8 Å². The Hall–Kier alpha value is -0.680. The SMILES string of the molecule is C=C[C@H](CCCOCc1ccccc1)OC(CBr)OCC. The van der Waals surface area contributed by atoms with Crippen molar-refractivity contribution in [3.8, 4) is 0 Å². The number of hydrogen-bond donors (Lipinski definition) is 0. The van der Waals surface area contributed by atoms with E-state index in [0.29, 0.717) is 18.5 Å². The zero-order valence-corrected chi connectivity index (χ0v) is 14.3. The second kappa shape index (κ2) is 11.9. The predicted octanol–water partition coefficient (Wildman–Crippen LogP) is 4.31. The number of hydrogen-bond acceptors (Lipinski definition) is 3. The monoisotopic (exact) mass is 356 g/mol. The van der Waals surface area contributed by atoms with Gasteiger partial charge in [0.05, 0.1) is 18.0 Å². The standard InChI is InChI=1S/C17H25BrO3/c1-3-16(21-17(13-18)20-4-2)11-8-12-19-14-15-9-6-5-7-10-15/h3,5-7,9-10,16-17H,1,4,8,11-14H2,2H3/t16-,17?/m1/s1. The van der Waals surface area contributed by atoms with Crippen LogP contribution in [0.25, 0.3) is 0 Å². The number of ether oxygens (including phenoxy) is 3. The molecule has 118 valence electrons. The molecule has 0 aliphatic carbocycles. The van der Waals surface area contributed by atoms with Crippen LogP contribution in [-0.2, 0) is 20.8 Å². The summed E-state index contributed by atoms with van der Waals surface area (Å²) in [5, 5.41) is 0.662. The van der Waals surface area contributed by atoms with Crippen LogP contribution in [0, 0.1) is 0 Å². The molecule has 0 aliphatic heterocycles. The molecule has 3 nitrogen and oxygen atoms in total. The zero-order chi connectivity index (χ0) is 15.3. The van der Waals surface area contributed by atoms with E-state index in [2.05, 4.69) is 34.6 Å². The first-order chi connectivity index (χ1) is 10.3. The van der Waals surface area contributed by atoms with Gasteiger partial charge < -0.3 is 14.2 Å². The average molecular weight is 357 g/mol. The van der Waals surface area contributed by atoms with E-state index >= 15 is 0 Å². The van der Waals surface area contributed by atoms with Gasteiger partial charge in [0.25, 0.3) is 0 Å². The maximum atomic E-state index is 5.81. The summed E-state index contributed by atoms with van der Waals surface area (Å²) >= 11 is 3.38. The Morgan fingerprint density at radius 2 is 2.05 bits per heavy atom. The van der Waals surface area contributed by atoms with Gasteiger partial charge in [-0.1, -0.05) is 52.3 Å². The first kappa shape index (κ1) is 18.4. The normalized spacial score (nSPS) is 13.8. The lowest BCUT2D eigenvalue weighted by Crippen LogP contribution is -2.25. The molecule has 1 aromatic rings. The Kier molecular flexibility index (Phi) is 10.4. The summed E-state index contributed by atoms with van der Waals surface area (Å²) in [6, 6.07) is 10.2. The van der Waals surface area contributed by atoms with Crippen molar-refractivity contribution < 1.29 is 14.2 Å². The molecule has 4 heteroatoms. The lowest BCUT2D eigenvalue weighted by atomic mass is 10.2. The summed E-state index contributed by atoms with van der Waals surface area (Å²) in [5.41, 5.74) is 1.20. The van der Waals surface area contributed by atoms with Gasteiger partial charge in [0, 0.05) is 13.2 Å². The predicted molar refractivity (Wildman–Crippen MR) is 89.6 cm³/mol. The van der Waals surface area contributed by atoms with Gasteiger partial charge in [-0.3, -0.25) is 0 Å². The van der Waals surface area contributed by atoms with Crippen LogP contribution < -0.4 is 0 Å². The lowest BCUT2D eigenvalue weighted by Gasteiger charge is -2.21. The third-order valence-corrected chi connectivity index (χ3v) is 3.49. The van der Waals surface area contributed by atoms with E-state index in [4.69, 9.17) is 14.2 Å². The maximum Gasteiger partial charge on any atom is 0.167 e. The van der Waals surface area contributed by atoms with E-state index in [1.54, 1.807) is 0 Å². The highest BCUT2D eigenvalue weighted by Gasteiger charge is 2.13. The maximum absolute atomic E-state index is 5.81. The Balaban J connectivity index is 2.15. The average Bonchev–Trinajstić information content (AvgIpc) is 2.53. The van der Waals surface area contributed by atoms with E-state index in [0.717, 1.165) is 19.4 Å². The number of benzene rings is 1. The molecule has 21 heavy (non-hydrogen) atoms. The van der Waals surface area contributed by atoms with Crippen LogP contribution in [0.5, 0.6) is 0 Å². The largest absolute Gasteiger partial charge is 0.377 e. The van der Waals surface area contributed by atoms with Gasteiger partial charge >= 0.3 is 0 Å². The van der Waals surface area contributed by atoms with Crippen molar-refractivity contribution >= 4 is 15.9 Å². The molecule has 0 fully saturated rings. The number of halogens is 1. The van der Waals surface area contributed by atoms with Crippen molar-refractivity contribution in [3.05, 3.63) is 48.6 Å². The second-order valence-electron chi connectivity index (χ2n) is 4.63. The van der Waals surface area contributed by atoms with E-state index in [-0.39, 0.29) is 12.4 Å². The summed E-state index contributed by atoms with van der Waals surface area (Å²) in [6.07, 6.45) is 3.42. The molecule has 2 atom stereocenters. The van der Waals surface area contributed by atoms with Gasteiger partial charge in [-0.2, -0.15) is 0 Å². The van der Waals surface area contributed by atoms with Crippen molar-refractivity contribution in [2.75, 3.05) is 18.5 Å². The minimum Gasteiger partial charge on any atom is -0.377 e. The topological polar surface area (TPSA) is 27.7 Å². The fourth-order valence-electron chi connectivity index (χ4n) is 1.89. The lowest BCUT2D eigenvalue weighted by molar-refractivity contribution is -0.144. The Morgan fingerprint density at radius 3 is 2.67 bits per heavy atom. The highest BCUT2D eigenvalue weighted by Crippen LogP contribution is 2.11. The Labute approximate surface area is 136 Å². The molecule has 1 unspecified atom stereocenters. The molecule has 0 saturated heterocycles. The molecule has 0 aromatic heterocycles. The van der Waals surface area contributed by atoms with Crippen LogP contribution in [0.1, 0.15) is 25.3 Å². The Morgan fingerprint density at radius 1 is 1.29 bits per heavy atom. The molecule has 0 saturated carbocycles. The molecule has 0 radical (unpaired) electrons. The van der Waals surface area contributed by atoms with Gasteiger partial charge in [0.15, 0.2) is 6.29 Å². The van der Waals surface area contributed by atoms with Crippen molar-refractivity contribution in [3.63, 3.8) is 0 Å². The van der Waals surface area contributed by atoms with Crippen LogP contribution in [0.3, 0.4) is 0 Å². The fraction of sp³-hybridized carbons (Fsp3) is 0.529. The Bertz CT molecular complexity index is 370. The fourth-order valence-corrected chi connectivity index (χ4v) is 2.23. The molecule has 0 aliphatic rings. The molecule has 0 amide bonds. The molecule has 0 spiro atoms. The third-order valence-electron chi connectivity index (χ3n) is 2.96. The van der Waals surface area contributed by atoms with Gasteiger partial charge in [-0.15, -0.1) is 6.58 Å². The van der Waals surface area contributed by atoms with Gasteiger partial charge in [-0.05, 0) is 25.3 Å². The van der Waals surface area contributed by atoms with Crippen LogP contribution in [0.2, 0.25) is 0 Å². The van der Waals surface area contributed by atoms with Crippen LogP contribution in [0.4, 0.5) is 0 Å². The summed E-state index contributed by atoms with van der Waals surface area (Å²) < 4.78 is 16.9. The number of alkyl halides is 1. The smallest absolute Gasteiger partial charge is 0.167 e. The summed E-state index contributed by atoms with van der Waals surface area (Å²) in [7, 11) is 0. The summed E-state index contributed by atoms with van der Waals surface area (Å²) in [5.74, 6) is 0. The van der Waals surface area contributed by atoms with Gasteiger partial charge in [0.1, 0.15) is 0 Å². The molecule has 0 bridgehead atoms. The minimum atomic E-state index is -0.219. The van der Waals surface area contributed by atoms with E-state index in [1.165, 1.54) is 5.56 Å². The molecule has 0 heterocycles. The van der Waals surface area contributed by atoms with Gasteiger partial charge in [0.2, 0.25) is 0 Å². The highest BCUT2D eigenvalue weighted by atomic mass is 79.9. The second-order valence-corrected chi connectivity index (χ2v) is 5.28. The minimum absolute atomic E-state index is 0.000532. The third kappa shape index (κ3) is 8.37. The first-order valence-electron chi connectivity index (χ1n) is 7.37. The van der Waals surface area contributed by atoms with E-state index in [1.807, 2.05) is 31.2 Å². The van der Waals surface area contributed by atoms with Crippen LogP contribution in [-0.4, -0.2) is 30.9 Å². The molecule has 1 aromatic carbocycles. The molecular weight excluding hydrogens is 332 g/mol. The molecule has 1 rings (SSSR count). The molecular formula is C17H25BrO3. The van der Waals surface area contributed by atoms with Crippen LogP contribution in [0.15, 0.2) is 43.0 Å². The highest BCUT2D eigenvalue weighted by molar-refractivity contribution is 9.09. The summed E-state index contributed by atoms with van der Waals surface area (Å²) in [4.78, 5) is 0. The van der Waals surface area contributed by atoms with Gasteiger partial charge in [-0.25, -0.2) is 0 Å². The van der Waals surface area contributed by atoms with E-state index < -0.39 is 0 Å². The summed E-state index contributed by atoms with van der Waals surface area (Å²) in [6.45, 7) is 7.79. The van der Waals surface area contributed by atoms with Crippen molar-refractivity contribution in [1.29, 1.82) is 0 Å². The number of rotatable bonds is 12. The van der Waals surface area contributed by atoms with E-state index in [9.17, 15) is 0 Å². The molecule has 0 N–H and O–H groups in total. The zero-order valence-electron chi connectivity index (χ0n) is 12.7. The quantitative estimate of drug-likeness (QED) is 0.241. The van der Waals surface area contributed by atoms with Crippen molar-refractivity contribution in [1.82, 2.24) is 0 Å². The van der Waals surface area contributed by atoms with Crippen LogP contribution >= 0.6 is 15.9 Å². The van der Waals surface area contributed by atoms with Crippen molar-refractivity contribution in [2.24, 2.45) is 0 Å². The first-order valence-corrected chi connectivity index (χ1v) is 8.49.